The zero-order valence-electron chi connectivity index (χ0n) is 16.7. The maximum atomic E-state index is 13.6. The van der Waals surface area contributed by atoms with Gasteiger partial charge in [-0.1, -0.05) is 23.5 Å². The molecular formula is C20H22N4O4S2. The van der Waals surface area contributed by atoms with Crippen LogP contribution < -0.4 is 9.64 Å². The van der Waals surface area contributed by atoms with Crippen LogP contribution in [0.15, 0.2) is 42.7 Å². The van der Waals surface area contributed by atoms with E-state index < -0.39 is 16.1 Å². The van der Waals surface area contributed by atoms with Gasteiger partial charge in [0.2, 0.25) is 15.9 Å². The molecule has 1 aliphatic rings. The van der Waals surface area contributed by atoms with Crippen LogP contribution in [0.4, 0.5) is 5.13 Å². The molecule has 0 saturated carbocycles. The fourth-order valence-electron chi connectivity index (χ4n) is 3.67. The maximum Gasteiger partial charge on any atom is 0.247 e. The molecule has 30 heavy (non-hydrogen) atoms. The first kappa shape index (κ1) is 20.7. The van der Waals surface area contributed by atoms with Gasteiger partial charge in [0.25, 0.3) is 0 Å². The van der Waals surface area contributed by atoms with Crippen LogP contribution >= 0.6 is 11.3 Å². The van der Waals surface area contributed by atoms with Crippen molar-refractivity contribution in [3.8, 4) is 5.75 Å². The van der Waals surface area contributed by atoms with Crippen LogP contribution in [-0.2, 0) is 21.4 Å². The summed E-state index contributed by atoms with van der Waals surface area (Å²) >= 11 is 1.38. The van der Waals surface area contributed by atoms with Crippen molar-refractivity contribution in [2.45, 2.75) is 25.4 Å². The number of amides is 1. The van der Waals surface area contributed by atoms with Crippen molar-refractivity contribution in [2.24, 2.45) is 0 Å². The first-order valence-electron chi connectivity index (χ1n) is 9.49. The molecule has 0 bridgehead atoms. The van der Waals surface area contributed by atoms with Crippen LogP contribution in [0, 0.1) is 0 Å². The average molecular weight is 447 g/mol. The first-order valence-corrected chi connectivity index (χ1v) is 12.2. The number of hydrogen-bond acceptors (Lipinski definition) is 7. The molecule has 3 aromatic rings. The van der Waals surface area contributed by atoms with E-state index >= 15 is 0 Å². The van der Waals surface area contributed by atoms with Crippen molar-refractivity contribution in [1.82, 2.24) is 14.3 Å². The number of benzene rings is 1. The van der Waals surface area contributed by atoms with E-state index in [4.69, 9.17) is 4.74 Å². The molecule has 3 heterocycles. The van der Waals surface area contributed by atoms with Gasteiger partial charge in [-0.3, -0.25) is 14.7 Å². The Hall–Kier alpha value is -2.56. The number of aromatic nitrogens is 2. The molecule has 0 radical (unpaired) electrons. The first-order chi connectivity index (χ1) is 14.4. The Labute approximate surface area is 179 Å². The van der Waals surface area contributed by atoms with Crippen molar-refractivity contribution in [3.05, 3.63) is 48.3 Å². The number of sulfonamides is 1. The second-order valence-corrected chi connectivity index (χ2v) is 10.1. The molecule has 1 saturated heterocycles. The topological polar surface area (TPSA) is 92.7 Å². The average Bonchev–Trinajstić information content (AvgIpc) is 3.39. The van der Waals surface area contributed by atoms with Crippen LogP contribution in [0.5, 0.6) is 5.75 Å². The number of carbonyl (C=O) groups excluding carboxylic acids is 1. The highest BCUT2D eigenvalue weighted by molar-refractivity contribution is 7.88. The van der Waals surface area contributed by atoms with Crippen molar-refractivity contribution < 1.29 is 17.9 Å². The third-order valence-electron chi connectivity index (χ3n) is 5.07. The van der Waals surface area contributed by atoms with Crippen LogP contribution in [0.3, 0.4) is 0 Å². The zero-order valence-corrected chi connectivity index (χ0v) is 18.3. The van der Waals surface area contributed by atoms with Gasteiger partial charge in [0.1, 0.15) is 17.3 Å². The fourth-order valence-corrected chi connectivity index (χ4v) is 5.78. The lowest BCUT2D eigenvalue weighted by Gasteiger charge is -2.27. The highest BCUT2D eigenvalue weighted by Gasteiger charge is 2.39. The van der Waals surface area contributed by atoms with Gasteiger partial charge in [0.15, 0.2) is 5.13 Å². The van der Waals surface area contributed by atoms with Crippen molar-refractivity contribution in [2.75, 3.05) is 24.8 Å². The van der Waals surface area contributed by atoms with Crippen LogP contribution in [0.2, 0.25) is 0 Å². The van der Waals surface area contributed by atoms with E-state index in [1.54, 1.807) is 30.5 Å². The molecule has 4 rings (SSSR count). The number of pyridine rings is 1. The van der Waals surface area contributed by atoms with Crippen molar-refractivity contribution in [1.29, 1.82) is 0 Å². The lowest BCUT2D eigenvalue weighted by Crippen LogP contribution is -2.47. The second-order valence-electron chi connectivity index (χ2n) is 7.12. The highest BCUT2D eigenvalue weighted by atomic mass is 32.2. The summed E-state index contributed by atoms with van der Waals surface area (Å²) in [5.74, 6) is 0.349. The van der Waals surface area contributed by atoms with E-state index in [0.29, 0.717) is 35.8 Å². The quantitative estimate of drug-likeness (QED) is 0.578. The standard InChI is InChI=1S/C20H22N4O4S2/c1-28-16-8-3-9-17-18(16)22-20(29-17)23(13-14-6-4-10-21-12-14)19(25)15-7-5-11-24(15)30(2,26)27/h3-4,6,8-10,12,15H,5,7,11,13H2,1-2H3. The Balaban J connectivity index is 1.76. The normalized spacial score (nSPS) is 17.3. The second kappa shape index (κ2) is 8.29. The van der Waals surface area contributed by atoms with E-state index in [1.807, 2.05) is 24.3 Å². The van der Waals surface area contributed by atoms with Gasteiger partial charge >= 0.3 is 0 Å². The van der Waals surface area contributed by atoms with E-state index in [0.717, 1.165) is 16.5 Å². The Bertz CT molecular complexity index is 1160. The predicted molar refractivity (Wildman–Crippen MR) is 116 cm³/mol. The monoisotopic (exact) mass is 446 g/mol. The molecule has 0 spiro atoms. The minimum atomic E-state index is -3.48. The summed E-state index contributed by atoms with van der Waals surface area (Å²) in [6, 6.07) is 8.57. The minimum absolute atomic E-state index is 0.253. The molecule has 1 amide bonds. The summed E-state index contributed by atoms with van der Waals surface area (Å²) in [4.78, 5) is 23.9. The molecule has 1 unspecified atom stereocenters. The number of thiazole rings is 1. The summed E-state index contributed by atoms with van der Waals surface area (Å²) in [6.45, 7) is 0.604. The Kier molecular flexibility index (Phi) is 5.72. The largest absolute Gasteiger partial charge is 0.494 e. The lowest BCUT2D eigenvalue weighted by atomic mass is 10.2. The molecule has 1 atom stereocenters. The number of rotatable bonds is 6. The van der Waals surface area contributed by atoms with Gasteiger partial charge in [-0.05, 0) is 36.6 Å². The Morgan fingerprint density at radius 2 is 2.17 bits per heavy atom. The third-order valence-corrected chi connectivity index (χ3v) is 7.40. The molecule has 2 aromatic heterocycles. The number of carbonyl (C=O) groups is 1. The molecule has 158 valence electrons. The Morgan fingerprint density at radius 1 is 1.33 bits per heavy atom. The summed E-state index contributed by atoms with van der Waals surface area (Å²) in [5, 5.41) is 0.503. The number of anilines is 1. The van der Waals surface area contributed by atoms with Crippen LogP contribution in [-0.4, -0.2) is 54.6 Å². The molecule has 0 aliphatic carbocycles. The number of ether oxygens (including phenoxy) is 1. The summed E-state index contributed by atoms with van der Waals surface area (Å²) < 4.78 is 32.0. The maximum absolute atomic E-state index is 13.6. The molecule has 1 aromatic carbocycles. The third kappa shape index (κ3) is 4.03. The van der Waals surface area contributed by atoms with E-state index in [2.05, 4.69) is 9.97 Å². The number of hydrogen-bond donors (Lipinski definition) is 0. The summed E-state index contributed by atoms with van der Waals surface area (Å²) in [5.41, 5.74) is 1.51. The van der Waals surface area contributed by atoms with Crippen molar-refractivity contribution in [3.63, 3.8) is 0 Å². The molecular weight excluding hydrogens is 424 g/mol. The van der Waals surface area contributed by atoms with Gasteiger partial charge in [0.05, 0.1) is 24.6 Å². The number of nitrogens with zero attached hydrogens (tertiary/aromatic N) is 4. The summed E-state index contributed by atoms with van der Waals surface area (Å²) in [7, 11) is -1.91. The number of methoxy groups -OCH3 is 1. The molecule has 8 nitrogen and oxygen atoms in total. The van der Waals surface area contributed by atoms with Crippen LogP contribution in [0.25, 0.3) is 10.2 Å². The minimum Gasteiger partial charge on any atom is -0.494 e. The van der Waals surface area contributed by atoms with E-state index in [1.165, 1.54) is 15.6 Å². The van der Waals surface area contributed by atoms with E-state index in [9.17, 15) is 13.2 Å². The van der Waals surface area contributed by atoms with Crippen LogP contribution in [0.1, 0.15) is 18.4 Å². The smallest absolute Gasteiger partial charge is 0.247 e. The lowest BCUT2D eigenvalue weighted by molar-refractivity contribution is -0.121. The number of para-hydroxylation sites is 1. The van der Waals surface area contributed by atoms with Gasteiger partial charge in [-0.15, -0.1) is 0 Å². The highest BCUT2D eigenvalue weighted by Crippen LogP contribution is 2.36. The van der Waals surface area contributed by atoms with Gasteiger partial charge < -0.3 is 4.74 Å². The van der Waals surface area contributed by atoms with Gasteiger partial charge in [-0.2, -0.15) is 4.31 Å². The fraction of sp³-hybridized carbons (Fsp3) is 0.350. The summed E-state index contributed by atoms with van der Waals surface area (Å²) in [6.07, 6.45) is 5.64. The molecule has 10 heteroatoms. The van der Waals surface area contributed by atoms with Crippen molar-refractivity contribution >= 4 is 42.6 Å². The molecule has 0 N–H and O–H groups in total. The van der Waals surface area contributed by atoms with E-state index in [-0.39, 0.29) is 12.5 Å². The molecule has 1 aliphatic heterocycles. The van der Waals surface area contributed by atoms with Gasteiger partial charge in [-0.25, -0.2) is 13.4 Å². The Morgan fingerprint density at radius 3 is 2.87 bits per heavy atom. The SMILES string of the molecule is COc1cccc2sc(N(Cc3cccnc3)C(=O)C3CCCN3S(C)(=O)=O)nc12. The number of fused-ring (bicyclic) bond motifs is 1. The predicted octanol–water partition coefficient (Wildman–Crippen LogP) is 2.66. The zero-order chi connectivity index (χ0) is 21.3. The molecule has 1 fully saturated rings. The van der Waals surface area contributed by atoms with Gasteiger partial charge in [0, 0.05) is 18.9 Å².